The first-order valence-corrected chi connectivity index (χ1v) is 18.7. The van der Waals surface area contributed by atoms with Crippen LogP contribution < -0.4 is 10.6 Å². The van der Waals surface area contributed by atoms with Gasteiger partial charge in [0.1, 0.15) is 17.2 Å². The molecule has 0 aliphatic heterocycles. The maximum atomic E-state index is 12.4. The van der Waals surface area contributed by atoms with Crippen molar-refractivity contribution in [1.82, 2.24) is 15.0 Å². The highest BCUT2D eigenvalue weighted by molar-refractivity contribution is 7.97. The van der Waals surface area contributed by atoms with Gasteiger partial charge in [-0.15, -0.1) is 17.7 Å². The molecule has 0 aliphatic rings. The number of fused-ring (bicyclic) bond motifs is 1. The van der Waals surface area contributed by atoms with E-state index in [9.17, 15) is 26.5 Å². The molecule has 1 aromatic heterocycles. The summed E-state index contributed by atoms with van der Waals surface area (Å²) >= 11 is 17.3. The van der Waals surface area contributed by atoms with E-state index in [0.717, 1.165) is 18.1 Å². The number of anilines is 3. The molecule has 5 aromatic rings. The Kier molecular flexibility index (Phi) is 12.8. The van der Waals surface area contributed by atoms with Crippen molar-refractivity contribution in [2.24, 2.45) is 15.2 Å². The molecule has 0 atom stereocenters. The number of thiol groups is 1. The minimum absolute atomic E-state index is 0.0109. The molecular formula is C28H22Cl2N8O10S4. The van der Waals surface area contributed by atoms with Gasteiger partial charge in [-0.3, -0.25) is 9.11 Å². The van der Waals surface area contributed by atoms with E-state index in [-0.39, 0.29) is 45.4 Å². The van der Waals surface area contributed by atoms with Crippen LogP contribution in [0.15, 0.2) is 97.8 Å². The van der Waals surface area contributed by atoms with Gasteiger partial charge in [-0.25, -0.2) is 14.1 Å². The highest BCUT2D eigenvalue weighted by atomic mass is 35.5. The Bertz CT molecular complexity index is 2390. The molecule has 0 aliphatic carbocycles. The molecule has 5 N–H and O–H groups in total. The van der Waals surface area contributed by atoms with Crippen molar-refractivity contribution in [2.75, 3.05) is 23.8 Å². The molecule has 18 nitrogen and oxygen atoms in total. The maximum Gasteiger partial charge on any atom is 0.397 e. The lowest BCUT2D eigenvalue weighted by molar-refractivity contribution is -0.195. The van der Waals surface area contributed by atoms with Gasteiger partial charge in [-0.2, -0.15) is 41.2 Å². The topological polar surface area (TPSA) is 256 Å². The van der Waals surface area contributed by atoms with Crippen LogP contribution in [0.4, 0.5) is 34.6 Å². The molecule has 0 unspecified atom stereocenters. The first-order valence-electron chi connectivity index (χ1n) is 14.0. The summed E-state index contributed by atoms with van der Waals surface area (Å²) in [7, 11) is -9.50. The van der Waals surface area contributed by atoms with Crippen molar-refractivity contribution in [1.29, 1.82) is 0 Å². The molecule has 5 rings (SSSR count). The van der Waals surface area contributed by atoms with Crippen molar-refractivity contribution in [3.63, 3.8) is 0 Å². The lowest BCUT2D eigenvalue weighted by Crippen LogP contribution is -2.10. The predicted octanol–water partition coefficient (Wildman–Crippen LogP) is 7.25. The van der Waals surface area contributed by atoms with E-state index in [4.69, 9.17) is 37.0 Å². The van der Waals surface area contributed by atoms with Crippen LogP contribution in [0.5, 0.6) is 5.75 Å². The first-order chi connectivity index (χ1) is 24.6. The van der Waals surface area contributed by atoms with E-state index >= 15 is 0 Å². The Morgan fingerprint density at radius 2 is 1.63 bits per heavy atom. The molecule has 0 spiro atoms. The average Bonchev–Trinajstić information content (AvgIpc) is 3.06. The standard InChI is InChI=1S/C28H22Cl2N8O10S4/c29-20-3-1-2-4-21(20)32-28(49)36-27-34-25(30)33-26(35-27)31-17-7-10-19-15(13-17)14-22(51(40,41)42)23(24(19)39)38-37-16-5-8-18(9-6-16)50-48-46-11-12-47-52(43,44)45/h1-10,13-14,39H,11-12H2,(H,40,41,42)(H,43,44,45)(H3,31,32,33,34,35,36,49). The number of phenolic OH excluding ortho intramolecular Hbond substituents is 1. The zero-order valence-corrected chi connectivity index (χ0v) is 30.5. The summed E-state index contributed by atoms with van der Waals surface area (Å²) in [6.45, 7) is -0.769. The molecule has 0 bridgehead atoms. The smallest absolute Gasteiger partial charge is 0.397 e. The number of phenols is 1. The van der Waals surface area contributed by atoms with Gasteiger partial charge in [0.15, 0.2) is 10.9 Å². The molecular weight excluding hydrogens is 808 g/mol. The third-order valence-electron chi connectivity index (χ3n) is 6.18. The third kappa shape index (κ3) is 11.1. The summed E-state index contributed by atoms with van der Waals surface area (Å²) in [6.07, 6.45) is 0. The van der Waals surface area contributed by atoms with Gasteiger partial charge in [-0.1, -0.05) is 23.7 Å². The van der Waals surface area contributed by atoms with Crippen LogP contribution in [0.1, 0.15) is 0 Å². The van der Waals surface area contributed by atoms with Crippen LogP contribution in [0, 0.1) is 0 Å². The summed E-state index contributed by atoms with van der Waals surface area (Å²) in [5.74, 6) is -0.604. The summed E-state index contributed by atoms with van der Waals surface area (Å²) in [5.41, 5.74) is 0.505. The van der Waals surface area contributed by atoms with Gasteiger partial charge in [0, 0.05) is 16.0 Å². The van der Waals surface area contributed by atoms with Crippen molar-refractivity contribution in [2.45, 2.75) is 9.79 Å². The molecule has 0 amide bonds. The number of aliphatic imine (C=N–C) groups is 1. The number of hydrogen-bond donors (Lipinski definition) is 6. The second kappa shape index (κ2) is 17.1. The fourth-order valence-electron chi connectivity index (χ4n) is 4.04. The van der Waals surface area contributed by atoms with Gasteiger partial charge >= 0.3 is 10.4 Å². The summed E-state index contributed by atoms with van der Waals surface area (Å²) in [6, 6.07) is 18.5. The quantitative estimate of drug-likeness (QED) is 0.00741. The molecule has 0 radical (unpaired) electrons. The Labute approximate surface area is 314 Å². The Hall–Kier alpha value is -4.20. The van der Waals surface area contributed by atoms with Crippen molar-refractivity contribution in [3.05, 3.63) is 83.1 Å². The van der Waals surface area contributed by atoms with Gasteiger partial charge in [0.25, 0.3) is 10.1 Å². The van der Waals surface area contributed by atoms with Crippen LogP contribution >= 0.6 is 47.9 Å². The van der Waals surface area contributed by atoms with Gasteiger partial charge in [0.2, 0.25) is 17.2 Å². The summed E-state index contributed by atoms with van der Waals surface area (Å²) < 4.78 is 73.1. The number of para-hydroxylation sites is 1. The second-order valence-electron chi connectivity index (χ2n) is 9.79. The van der Waals surface area contributed by atoms with Gasteiger partial charge < -0.3 is 15.7 Å². The minimum Gasteiger partial charge on any atom is -0.505 e. The number of nitrogens with zero attached hydrogens (tertiary/aromatic N) is 6. The number of aromatic nitrogens is 3. The van der Waals surface area contributed by atoms with E-state index in [2.05, 4.69) is 57.6 Å². The summed E-state index contributed by atoms with van der Waals surface area (Å²) in [5, 5.41) is 25.3. The molecule has 272 valence electrons. The maximum absolute atomic E-state index is 12.4. The number of hydrogen-bond acceptors (Lipinski definition) is 16. The molecule has 4 aromatic carbocycles. The van der Waals surface area contributed by atoms with Crippen LogP contribution in [0.25, 0.3) is 10.8 Å². The molecule has 52 heavy (non-hydrogen) atoms. The number of azo groups is 1. The predicted molar refractivity (Wildman–Crippen MR) is 196 cm³/mol. The largest absolute Gasteiger partial charge is 0.505 e. The molecule has 0 saturated carbocycles. The second-order valence-corrected chi connectivity index (χ2v) is 14.2. The Morgan fingerprint density at radius 1 is 0.904 bits per heavy atom. The van der Waals surface area contributed by atoms with Crippen molar-refractivity contribution < 1.29 is 44.5 Å². The van der Waals surface area contributed by atoms with E-state index in [0.29, 0.717) is 21.3 Å². The highest BCUT2D eigenvalue weighted by Gasteiger charge is 2.22. The third-order valence-corrected chi connectivity index (χ3v) is 8.84. The minimum atomic E-state index is -4.91. The van der Waals surface area contributed by atoms with Crippen LogP contribution in [-0.4, -0.2) is 64.4 Å². The van der Waals surface area contributed by atoms with Crippen LogP contribution in [0.3, 0.4) is 0 Å². The van der Waals surface area contributed by atoms with Crippen molar-refractivity contribution >= 4 is 119 Å². The zero-order valence-electron chi connectivity index (χ0n) is 25.7. The fraction of sp³-hybridized carbons (Fsp3) is 0.0714. The van der Waals surface area contributed by atoms with E-state index < -0.39 is 43.5 Å². The number of rotatable bonds is 14. The number of amidine groups is 1. The number of benzene rings is 4. The number of nitrogens with one attached hydrogen (secondary N) is 2. The van der Waals surface area contributed by atoms with Crippen LogP contribution in [-0.2, 0) is 33.9 Å². The molecule has 0 saturated heterocycles. The lowest BCUT2D eigenvalue weighted by atomic mass is 10.1. The molecule has 1 heterocycles. The van der Waals surface area contributed by atoms with Crippen molar-refractivity contribution in [3.8, 4) is 5.75 Å². The molecule has 0 fully saturated rings. The van der Waals surface area contributed by atoms with E-state index in [1.54, 1.807) is 36.4 Å². The lowest BCUT2D eigenvalue weighted by Gasteiger charge is -2.11. The highest BCUT2D eigenvalue weighted by Crippen LogP contribution is 2.42. The number of aromatic hydroxyl groups is 1. The summed E-state index contributed by atoms with van der Waals surface area (Å²) in [4.78, 5) is 21.1. The van der Waals surface area contributed by atoms with Crippen LogP contribution in [0.2, 0.25) is 10.3 Å². The SMILES string of the molecule is O=S(=O)(O)OCCOOSc1ccc(N=Nc2c(S(=O)(=O)O)cc3cc(Nc4nc(Cl)nc(NC(S)=Nc5ccccc5Cl)n4)ccc3c2O)cc1. The van der Waals surface area contributed by atoms with Gasteiger partial charge in [0.05, 0.1) is 35.0 Å². The normalized spacial score (nSPS) is 12.4. The monoisotopic (exact) mass is 828 g/mol. The first kappa shape index (κ1) is 39.0. The number of halogens is 2. The zero-order chi connectivity index (χ0) is 37.5. The van der Waals surface area contributed by atoms with E-state index in [1.807, 2.05) is 0 Å². The fourth-order valence-corrected chi connectivity index (χ4v) is 5.97. The van der Waals surface area contributed by atoms with E-state index in [1.165, 1.54) is 30.3 Å². The Morgan fingerprint density at radius 3 is 2.35 bits per heavy atom. The Balaban J connectivity index is 1.31. The average molecular weight is 830 g/mol. The molecule has 24 heteroatoms. The van der Waals surface area contributed by atoms with Gasteiger partial charge in [-0.05, 0) is 77.7 Å².